The van der Waals surface area contributed by atoms with E-state index in [-0.39, 0.29) is 7.12 Å². The number of hydrogen-bond acceptors (Lipinski definition) is 2. The van der Waals surface area contributed by atoms with Gasteiger partial charge in [0.1, 0.15) is 0 Å². The lowest BCUT2D eigenvalue weighted by molar-refractivity contribution is 0.142. The van der Waals surface area contributed by atoms with E-state index in [0.29, 0.717) is 0 Å². The van der Waals surface area contributed by atoms with E-state index in [1.807, 2.05) is 0 Å². The average molecular weight is 124 g/mol. The molecule has 0 unspecified atom stereocenters. The van der Waals surface area contributed by atoms with Crippen LogP contribution in [-0.2, 0) is 9.31 Å². The van der Waals surface area contributed by atoms with Crippen molar-refractivity contribution >= 4 is 7.12 Å². The van der Waals surface area contributed by atoms with Crippen molar-refractivity contribution in [3.8, 4) is 0 Å². The number of rotatable bonds is 1. The van der Waals surface area contributed by atoms with Crippen molar-refractivity contribution < 1.29 is 9.31 Å². The van der Waals surface area contributed by atoms with E-state index in [1.165, 1.54) is 0 Å². The van der Waals surface area contributed by atoms with E-state index >= 15 is 0 Å². The van der Waals surface area contributed by atoms with Gasteiger partial charge in [-0.15, -0.1) is 5.73 Å². The lowest BCUT2D eigenvalue weighted by Crippen LogP contribution is -2.27. The van der Waals surface area contributed by atoms with Gasteiger partial charge in [-0.05, 0) is 12.4 Å². The van der Waals surface area contributed by atoms with E-state index in [2.05, 4.69) is 12.3 Å². The third-order valence-corrected chi connectivity index (χ3v) is 1.11. The molecule has 0 aromatic heterocycles. The Labute approximate surface area is 55.3 Å². The molecule has 0 saturated carbocycles. The van der Waals surface area contributed by atoms with Crippen LogP contribution < -0.4 is 0 Å². The molecule has 0 spiro atoms. The molecule has 0 aliphatic carbocycles. The zero-order valence-corrected chi connectivity index (χ0v) is 5.30. The molecular weight excluding hydrogens is 115 g/mol. The van der Waals surface area contributed by atoms with Crippen LogP contribution in [0.15, 0.2) is 18.3 Å². The van der Waals surface area contributed by atoms with Crippen LogP contribution in [0.4, 0.5) is 0 Å². The molecule has 0 N–H and O–H groups in total. The third kappa shape index (κ3) is 2.06. The number of hydrogen-bond donors (Lipinski definition) is 0. The Morgan fingerprint density at radius 1 is 1.44 bits per heavy atom. The zero-order chi connectivity index (χ0) is 6.53. The first-order valence-corrected chi connectivity index (χ1v) is 3.02. The predicted molar refractivity (Wildman–Crippen MR) is 36.0 cm³/mol. The van der Waals surface area contributed by atoms with Crippen LogP contribution in [0.3, 0.4) is 0 Å². The molecule has 48 valence electrons. The third-order valence-electron chi connectivity index (χ3n) is 1.11. The molecule has 0 bridgehead atoms. The molecule has 0 amide bonds. The Kier molecular flexibility index (Phi) is 2.59. The van der Waals surface area contributed by atoms with E-state index in [1.54, 1.807) is 5.98 Å². The maximum Gasteiger partial charge on any atom is 0.494 e. The van der Waals surface area contributed by atoms with Crippen molar-refractivity contribution in [1.82, 2.24) is 0 Å². The van der Waals surface area contributed by atoms with Gasteiger partial charge in [0.15, 0.2) is 0 Å². The molecule has 0 atom stereocenters. The van der Waals surface area contributed by atoms with Crippen LogP contribution in [0.1, 0.15) is 6.42 Å². The van der Waals surface area contributed by atoms with Gasteiger partial charge in [-0.2, -0.15) is 0 Å². The van der Waals surface area contributed by atoms with Gasteiger partial charge in [-0.3, -0.25) is 0 Å². The molecule has 1 saturated heterocycles. The minimum Gasteiger partial charge on any atom is -0.407 e. The van der Waals surface area contributed by atoms with Crippen LogP contribution in [0.5, 0.6) is 0 Å². The van der Waals surface area contributed by atoms with Gasteiger partial charge in [0.2, 0.25) is 0 Å². The molecule has 9 heavy (non-hydrogen) atoms. The summed E-state index contributed by atoms with van der Waals surface area (Å²) in [5, 5.41) is 0. The second-order valence-corrected chi connectivity index (χ2v) is 1.83. The van der Waals surface area contributed by atoms with Crippen molar-refractivity contribution in [2.75, 3.05) is 13.2 Å². The largest absolute Gasteiger partial charge is 0.494 e. The average Bonchev–Trinajstić information content (AvgIpc) is 1.91. The standard InChI is InChI=1S/C6H9BO2/c1-2-4-7-8-5-3-6-9-7/h4H,1,3,5-6H2. The second-order valence-electron chi connectivity index (χ2n) is 1.83. The van der Waals surface area contributed by atoms with Gasteiger partial charge in [0.25, 0.3) is 0 Å². The molecule has 0 radical (unpaired) electrons. The minimum absolute atomic E-state index is 0.198. The SMILES string of the molecule is C=C=CB1OCCCO1. The van der Waals surface area contributed by atoms with Gasteiger partial charge < -0.3 is 9.31 Å². The highest BCUT2D eigenvalue weighted by Gasteiger charge is 2.17. The van der Waals surface area contributed by atoms with E-state index in [4.69, 9.17) is 9.31 Å². The van der Waals surface area contributed by atoms with Crippen LogP contribution in [-0.4, -0.2) is 20.3 Å². The molecule has 1 fully saturated rings. The maximum atomic E-state index is 5.14. The summed E-state index contributed by atoms with van der Waals surface area (Å²) in [7, 11) is -0.198. The fraction of sp³-hybridized carbons (Fsp3) is 0.500. The van der Waals surface area contributed by atoms with Crippen LogP contribution >= 0.6 is 0 Å². The Bertz CT molecular complexity index is 123. The Hall–Kier alpha value is -0.495. The minimum atomic E-state index is -0.198. The molecule has 1 heterocycles. The fourth-order valence-corrected chi connectivity index (χ4v) is 0.698. The summed E-state index contributed by atoms with van der Waals surface area (Å²) in [5.74, 6) is 1.68. The van der Waals surface area contributed by atoms with Crippen molar-refractivity contribution in [3.05, 3.63) is 18.3 Å². The molecule has 3 heteroatoms. The summed E-state index contributed by atoms with van der Waals surface area (Å²) in [6, 6.07) is 0. The topological polar surface area (TPSA) is 18.5 Å². The normalized spacial score (nSPS) is 18.9. The molecule has 0 aromatic rings. The van der Waals surface area contributed by atoms with Crippen LogP contribution in [0, 0.1) is 0 Å². The first-order chi connectivity index (χ1) is 4.43. The van der Waals surface area contributed by atoms with Gasteiger partial charge in [-0.25, -0.2) is 0 Å². The monoisotopic (exact) mass is 124 g/mol. The predicted octanol–water partition coefficient (Wildman–Crippen LogP) is 0.792. The van der Waals surface area contributed by atoms with E-state index < -0.39 is 0 Å². The van der Waals surface area contributed by atoms with Crippen LogP contribution in [0.25, 0.3) is 0 Å². The highest BCUT2D eigenvalue weighted by atomic mass is 16.6. The van der Waals surface area contributed by atoms with Crippen molar-refractivity contribution in [3.63, 3.8) is 0 Å². The lowest BCUT2D eigenvalue weighted by Gasteiger charge is -2.15. The molecule has 1 rings (SSSR count). The molecule has 0 aromatic carbocycles. The highest BCUT2D eigenvalue weighted by Crippen LogP contribution is 2.00. The van der Waals surface area contributed by atoms with Gasteiger partial charge in [0, 0.05) is 13.2 Å². The summed E-state index contributed by atoms with van der Waals surface area (Å²) < 4.78 is 10.3. The lowest BCUT2D eigenvalue weighted by atomic mass is 9.89. The van der Waals surface area contributed by atoms with Gasteiger partial charge in [-0.1, -0.05) is 6.58 Å². The molecule has 1 aliphatic rings. The first kappa shape index (κ1) is 6.62. The summed E-state index contributed by atoms with van der Waals surface area (Å²) in [4.78, 5) is 0. The maximum absolute atomic E-state index is 5.14. The summed E-state index contributed by atoms with van der Waals surface area (Å²) >= 11 is 0. The van der Waals surface area contributed by atoms with Crippen molar-refractivity contribution in [1.29, 1.82) is 0 Å². The smallest absolute Gasteiger partial charge is 0.407 e. The quantitative estimate of drug-likeness (QED) is 0.380. The zero-order valence-electron chi connectivity index (χ0n) is 5.30. The fourth-order valence-electron chi connectivity index (χ4n) is 0.698. The Balaban J connectivity index is 2.31. The summed E-state index contributed by atoms with van der Waals surface area (Å²) in [5.41, 5.74) is 2.61. The Morgan fingerprint density at radius 2 is 2.11 bits per heavy atom. The molecular formula is C6H9BO2. The summed E-state index contributed by atoms with van der Waals surface area (Å²) in [6.45, 7) is 4.98. The van der Waals surface area contributed by atoms with Crippen molar-refractivity contribution in [2.24, 2.45) is 0 Å². The van der Waals surface area contributed by atoms with Gasteiger partial charge >= 0.3 is 7.12 Å². The Morgan fingerprint density at radius 3 is 2.67 bits per heavy atom. The van der Waals surface area contributed by atoms with Gasteiger partial charge in [0.05, 0.1) is 0 Å². The molecule has 1 aliphatic heterocycles. The van der Waals surface area contributed by atoms with E-state index in [0.717, 1.165) is 19.6 Å². The highest BCUT2D eigenvalue weighted by molar-refractivity contribution is 6.50. The molecule has 2 nitrogen and oxygen atoms in total. The van der Waals surface area contributed by atoms with E-state index in [9.17, 15) is 0 Å². The van der Waals surface area contributed by atoms with Crippen molar-refractivity contribution in [2.45, 2.75) is 6.42 Å². The van der Waals surface area contributed by atoms with Crippen LogP contribution in [0.2, 0.25) is 0 Å². The summed E-state index contributed by atoms with van der Waals surface area (Å²) in [6.07, 6.45) is 0.988. The first-order valence-electron chi connectivity index (χ1n) is 3.02. The second kappa shape index (κ2) is 3.52.